The average molecular weight is 453 g/mol. The van der Waals surface area contributed by atoms with Gasteiger partial charge in [0.1, 0.15) is 0 Å². The lowest BCUT2D eigenvalue weighted by Crippen LogP contribution is -2.36. The van der Waals surface area contributed by atoms with Crippen LogP contribution in [0.4, 0.5) is 22.7 Å². The molecule has 0 radical (unpaired) electrons. The van der Waals surface area contributed by atoms with E-state index in [0.717, 1.165) is 61.0 Å². The predicted octanol–water partition coefficient (Wildman–Crippen LogP) is 4.87. The van der Waals surface area contributed by atoms with Gasteiger partial charge >= 0.3 is 0 Å². The molecule has 8 heteroatoms. The number of benzene rings is 2. The lowest BCUT2D eigenvalue weighted by atomic mass is 10.0. The first-order valence-electron chi connectivity index (χ1n) is 9.08. The zero-order valence-electron chi connectivity index (χ0n) is 16.0. The van der Waals surface area contributed by atoms with Crippen molar-refractivity contribution < 1.29 is 4.74 Å². The van der Waals surface area contributed by atoms with E-state index in [-0.39, 0.29) is 24.8 Å². The normalized spacial score (nSPS) is 13.3. The molecule has 1 aromatic heterocycles. The molecule has 4 rings (SSSR count). The summed E-state index contributed by atoms with van der Waals surface area (Å²) in [5, 5.41) is 7.80. The van der Waals surface area contributed by atoms with Crippen molar-refractivity contribution in [3.63, 3.8) is 0 Å². The van der Waals surface area contributed by atoms with Crippen molar-refractivity contribution in [1.82, 2.24) is 0 Å². The predicted molar refractivity (Wildman–Crippen MR) is 130 cm³/mol. The van der Waals surface area contributed by atoms with Crippen LogP contribution in [0.15, 0.2) is 53.2 Å². The van der Waals surface area contributed by atoms with E-state index in [1.54, 1.807) is 11.3 Å². The van der Waals surface area contributed by atoms with Crippen molar-refractivity contribution in [3.8, 4) is 11.1 Å². The van der Waals surface area contributed by atoms with Crippen molar-refractivity contribution >= 4 is 58.9 Å². The molecule has 156 valence electrons. The van der Waals surface area contributed by atoms with Crippen LogP contribution in [0.25, 0.3) is 11.1 Å². The maximum absolute atomic E-state index is 6.16. The Morgan fingerprint density at radius 2 is 1.66 bits per heavy atom. The molecule has 0 atom stereocenters. The topological polar surface area (TPSA) is 76.5 Å². The highest BCUT2D eigenvalue weighted by atomic mass is 35.5. The summed E-state index contributed by atoms with van der Waals surface area (Å²) < 4.78 is 5.42. The van der Waals surface area contributed by atoms with E-state index >= 15 is 0 Å². The highest BCUT2D eigenvalue weighted by Crippen LogP contribution is 2.33. The molecule has 0 aliphatic carbocycles. The molecular formula is C21H26Cl2N4OS. The van der Waals surface area contributed by atoms with Crippen LogP contribution in [0.3, 0.4) is 0 Å². The van der Waals surface area contributed by atoms with Crippen molar-refractivity contribution in [2.24, 2.45) is 0 Å². The molecule has 29 heavy (non-hydrogen) atoms. The number of halogens is 2. The van der Waals surface area contributed by atoms with Crippen LogP contribution >= 0.6 is 36.2 Å². The van der Waals surface area contributed by atoms with Gasteiger partial charge < -0.3 is 26.4 Å². The maximum atomic E-state index is 6.16. The van der Waals surface area contributed by atoms with Gasteiger partial charge in [-0.15, -0.1) is 24.8 Å². The molecule has 1 fully saturated rings. The summed E-state index contributed by atoms with van der Waals surface area (Å²) in [5.41, 5.74) is 19.3. The Bertz CT molecular complexity index is 911. The van der Waals surface area contributed by atoms with Gasteiger partial charge in [0.05, 0.1) is 13.2 Å². The number of hydrogen-bond donors (Lipinski definition) is 3. The second kappa shape index (κ2) is 10.6. The van der Waals surface area contributed by atoms with Crippen LogP contribution in [-0.4, -0.2) is 26.3 Å². The van der Waals surface area contributed by atoms with Gasteiger partial charge in [0.15, 0.2) is 0 Å². The molecule has 5 nitrogen and oxygen atoms in total. The minimum atomic E-state index is 0. The highest BCUT2D eigenvalue weighted by molar-refractivity contribution is 7.08. The number of nitrogens with one attached hydrogen (secondary N) is 1. The number of nitrogen functional groups attached to an aromatic ring is 2. The summed E-state index contributed by atoms with van der Waals surface area (Å²) in [6.07, 6.45) is 0. The first-order chi connectivity index (χ1) is 13.2. The fourth-order valence-corrected chi connectivity index (χ4v) is 4.17. The van der Waals surface area contributed by atoms with Crippen LogP contribution in [0.5, 0.6) is 0 Å². The molecule has 0 spiro atoms. The lowest BCUT2D eigenvalue weighted by molar-refractivity contribution is 0.122. The fourth-order valence-electron chi connectivity index (χ4n) is 3.31. The number of rotatable bonds is 5. The molecule has 1 aliphatic heterocycles. The molecule has 0 amide bonds. The van der Waals surface area contributed by atoms with Crippen LogP contribution in [0.1, 0.15) is 5.56 Å². The van der Waals surface area contributed by atoms with Crippen molar-refractivity contribution in [3.05, 3.63) is 58.8 Å². The third kappa shape index (κ3) is 5.48. The molecule has 2 heterocycles. The number of nitrogens with zero attached hydrogens (tertiary/aromatic N) is 1. The standard InChI is InChI=1S/C21H24N4OS.2ClH/c22-16-1-6-21(23)19(11-16)20-14-27-13-15(20)12-24-17-2-4-18(5-3-17)25-7-9-26-10-8-25;;/h1-6,11,13-14,24H,7-10,12,22-23H2;2*1H. The number of morpholine rings is 1. The first kappa shape index (κ1) is 23.2. The molecular weight excluding hydrogens is 427 g/mol. The molecule has 0 unspecified atom stereocenters. The highest BCUT2D eigenvalue weighted by Gasteiger charge is 2.12. The fraction of sp³-hybridized carbons (Fsp3) is 0.238. The van der Waals surface area contributed by atoms with E-state index in [0.29, 0.717) is 0 Å². The van der Waals surface area contributed by atoms with Crippen molar-refractivity contribution in [2.75, 3.05) is 48.0 Å². The SMILES string of the molecule is Cl.Cl.Nc1ccc(N)c(-c2cscc2CNc2ccc(N3CCOCC3)cc2)c1. The number of nitrogens with two attached hydrogens (primary N) is 2. The summed E-state index contributed by atoms with van der Waals surface area (Å²) in [6, 6.07) is 14.2. The third-order valence-electron chi connectivity index (χ3n) is 4.84. The average Bonchev–Trinajstić information content (AvgIpc) is 3.18. The van der Waals surface area contributed by atoms with Gasteiger partial charge in [-0.25, -0.2) is 0 Å². The van der Waals surface area contributed by atoms with Crippen molar-refractivity contribution in [1.29, 1.82) is 0 Å². The third-order valence-corrected chi connectivity index (χ3v) is 5.63. The first-order valence-corrected chi connectivity index (χ1v) is 10.0. The molecule has 3 aromatic rings. The summed E-state index contributed by atoms with van der Waals surface area (Å²) in [7, 11) is 0. The number of ether oxygens (including phenoxy) is 1. The molecule has 5 N–H and O–H groups in total. The van der Waals surface area contributed by atoms with Crippen LogP contribution in [-0.2, 0) is 11.3 Å². The minimum Gasteiger partial charge on any atom is -0.399 e. The van der Waals surface area contributed by atoms with E-state index < -0.39 is 0 Å². The molecule has 0 bridgehead atoms. The Labute approximate surface area is 187 Å². The summed E-state index contributed by atoms with van der Waals surface area (Å²) in [5.74, 6) is 0. The molecule has 0 saturated carbocycles. The lowest BCUT2D eigenvalue weighted by Gasteiger charge is -2.28. The minimum absolute atomic E-state index is 0. The van der Waals surface area contributed by atoms with Gasteiger partial charge in [0.25, 0.3) is 0 Å². The summed E-state index contributed by atoms with van der Waals surface area (Å²) >= 11 is 1.68. The van der Waals surface area contributed by atoms with E-state index in [2.05, 4.69) is 45.2 Å². The zero-order valence-corrected chi connectivity index (χ0v) is 18.4. The maximum Gasteiger partial charge on any atom is 0.0642 e. The Balaban J connectivity index is 0.00000150. The molecule has 1 aliphatic rings. The van der Waals surface area contributed by atoms with Crippen LogP contribution in [0.2, 0.25) is 0 Å². The van der Waals surface area contributed by atoms with Gasteiger partial charge in [0, 0.05) is 47.9 Å². The number of hydrogen-bond acceptors (Lipinski definition) is 6. The number of thiophene rings is 1. The van der Waals surface area contributed by atoms with E-state index in [1.165, 1.54) is 11.3 Å². The smallest absolute Gasteiger partial charge is 0.0642 e. The van der Waals surface area contributed by atoms with Crippen molar-refractivity contribution in [2.45, 2.75) is 6.54 Å². The van der Waals surface area contributed by atoms with Crippen LogP contribution in [0, 0.1) is 0 Å². The second-order valence-electron chi connectivity index (χ2n) is 6.66. The quantitative estimate of drug-likeness (QED) is 0.481. The van der Waals surface area contributed by atoms with Gasteiger partial charge in [0.2, 0.25) is 0 Å². The van der Waals surface area contributed by atoms with Gasteiger partial charge in [-0.3, -0.25) is 0 Å². The Morgan fingerprint density at radius 1 is 0.931 bits per heavy atom. The Hall–Kier alpha value is -2.12. The summed E-state index contributed by atoms with van der Waals surface area (Å²) in [4.78, 5) is 2.35. The molecule has 1 saturated heterocycles. The van der Waals surface area contributed by atoms with E-state index in [1.807, 2.05) is 18.2 Å². The zero-order chi connectivity index (χ0) is 18.6. The monoisotopic (exact) mass is 452 g/mol. The van der Waals surface area contributed by atoms with E-state index in [9.17, 15) is 0 Å². The largest absolute Gasteiger partial charge is 0.399 e. The second-order valence-corrected chi connectivity index (χ2v) is 7.40. The van der Waals surface area contributed by atoms with Gasteiger partial charge in [-0.05, 0) is 64.4 Å². The van der Waals surface area contributed by atoms with E-state index in [4.69, 9.17) is 16.2 Å². The number of anilines is 4. The summed E-state index contributed by atoms with van der Waals surface area (Å²) in [6.45, 7) is 4.24. The van der Waals surface area contributed by atoms with Gasteiger partial charge in [-0.1, -0.05) is 0 Å². The van der Waals surface area contributed by atoms with Crippen LogP contribution < -0.4 is 21.7 Å². The Kier molecular flexibility index (Phi) is 8.46. The van der Waals surface area contributed by atoms with Gasteiger partial charge in [-0.2, -0.15) is 11.3 Å². The Morgan fingerprint density at radius 3 is 2.38 bits per heavy atom. The molecule has 2 aromatic carbocycles.